The predicted molar refractivity (Wildman–Crippen MR) is 113 cm³/mol. The Morgan fingerprint density at radius 1 is 1.13 bits per heavy atom. The topological polar surface area (TPSA) is 84.9 Å². The maximum absolute atomic E-state index is 13.2. The average molecular weight is 431 g/mol. The molecule has 0 aromatic heterocycles. The van der Waals surface area contributed by atoms with Gasteiger partial charge in [-0.05, 0) is 55.3 Å². The van der Waals surface area contributed by atoms with Crippen molar-refractivity contribution in [2.24, 2.45) is 0 Å². The summed E-state index contributed by atoms with van der Waals surface area (Å²) in [6, 6.07) is 12.9. The normalized spacial score (nSPS) is 21.6. The molecule has 1 heterocycles. The van der Waals surface area contributed by atoms with Crippen molar-refractivity contribution in [2.75, 3.05) is 25.0 Å². The number of nitrogens with zero attached hydrogens (tertiary/aromatic N) is 1. The third-order valence-corrected chi connectivity index (χ3v) is 7.11. The second-order valence-corrected chi connectivity index (χ2v) is 9.30. The van der Waals surface area contributed by atoms with Gasteiger partial charge in [-0.3, -0.25) is 9.52 Å². The van der Waals surface area contributed by atoms with Crippen LogP contribution in [-0.2, 0) is 14.8 Å². The quantitative estimate of drug-likeness (QED) is 0.787. The molecule has 0 unspecified atom stereocenters. The van der Waals surface area contributed by atoms with Gasteiger partial charge in [0.15, 0.2) is 0 Å². The van der Waals surface area contributed by atoms with Crippen LogP contribution in [0.4, 0.5) is 5.69 Å². The summed E-state index contributed by atoms with van der Waals surface area (Å²) in [6.07, 6.45) is 4.17. The van der Waals surface area contributed by atoms with Gasteiger partial charge in [0.1, 0.15) is 5.75 Å². The fourth-order valence-electron chi connectivity index (χ4n) is 4.18. The highest BCUT2D eigenvalue weighted by molar-refractivity contribution is 7.92. The van der Waals surface area contributed by atoms with Gasteiger partial charge in [-0.25, -0.2) is 8.42 Å². The van der Waals surface area contributed by atoms with Gasteiger partial charge < -0.3 is 14.4 Å². The van der Waals surface area contributed by atoms with E-state index in [0.717, 1.165) is 25.7 Å². The molecule has 2 atom stereocenters. The lowest BCUT2D eigenvalue weighted by Gasteiger charge is -2.43. The Morgan fingerprint density at radius 2 is 1.90 bits per heavy atom. The summed E-state index contributed by atoms with van der Waals surface area (Å²) in [6.45, 7) is 1.05. The molecular weight excluding hydrogens is 404 g/mol. The Bertz CT molecular complexity index is 1000. The lowest BCUT2D eigenvalue weighted by molar-refractivity contribution is -0.0752. The van der Waals surface area contributed by atoms with E-state index in [0.29, 0.717) is 30.2 Å². The molecule has 160 valence electrons. The Morgan fingerprint density at radius 3 is 2.67 bits per heavy atom. The smallest absolute Gasteiger partial charge is 0.261 e. The lowest BCUT2D eigenvalue weighted by atomic mass is 9.89. The molecule has 2 fully saturated rings. The predicted octanol–water partition coefficient (Wildman–Crippen LogP) is 3.28. The second kappa shape index (κ2) is 8.65. The number of ether oxygens (including phenoxy) is 2. The van der Waals surface area contributed by atoms with Crippen LogP contribution in [0.3, 0.4) is 0 Å². The summed E-state index contributed by atoms with van der Waals surface area (Å²) in [5.74, 6) is 0.494. The first-order valence-corrected chi connectivity index (χ1v) is 11.7. The minimum Gasteiger partial charge on any atom is -0.497 e. The van der Waals surface area contributed by atoms with Crippen molar-refractivity contribution in [2.45, 2.75) is 42.7 Å². The molecule has 0 bridgehead atoms. The van der Waals surface area contributed by atoms with E-state index < -0.39 is 10.0 Å². The number of carbonyl (C=O) groups excluding carboxylic acids is 1. The number of hydrogen-bond acceptors (Lipinski definition) is 5. The molecule has 8 heteroatoms. The number of benzene rings is 2. The van der Waals surface area contributed by atoms with Crippen LogP contribution in [0.15, 0.2) is 53.4 Å². The van der Waals surface area contributed by atoms with Gasteiger partial charge in [-0.15, -0.1) is 0 Å². The molecule has 2 aromatic rings. The molecule has 1 aliphatic carbocycles. The van der Waals surface area contributed by atoms with Crippen molar-refractivity contribution >= 4 is 21.6 Å². The third-order valence-electron chi connectivity index (χ3n) is 5.73. The standard InChI is InChI=1S/C22H26N2O5S/c1-28-18-11-9-17(10-12-18)23-30(26,27)19-6-4-5-16(15-19)22(25)24-13-14-29-21-8-3-2-7-20(21)24/h4-6,9-12,15,20-21,23H,2-3,7-8,13-14H2,1H3/t20-,21+/m0/s1. The van der Waals surface area contributed by atoms with Gasteiger partial charge in [0.25, 0.3) is 15.9 Å². The van der Waals surface area contributed by atoms with Crippen molar-refractivity contribution in [1.82, 2.24) is 4.90 Å². The maximum Gasteiger partial charge on any atom is 0.261 e. The molecule has 1 aliphatic heterocycles. The van der Waals surface area contributed by atoms with Crippen molar-refractivity contribution < 1.29 is 22.7 Å². The number of rotatable bonds is 5. The number of nitrogens with one attached hydrogen (secondary N) is 1. The highest BCUT2D eigenvalue weighted by Crippen LogP contribution is 2.30. The van der Waals surface area contributed by atoms with Crippen LogP contribution in [0.5, 0.6) is 5.75 Å². The van der Waals surface area contributed by atoms with Gasteiger partial charge >= 0.3 is 0 Å². The maximum atomic E-state index is 13.2. The summed E-state index contributed by atoms with van der Waals surface area (Å²) in [7, 11) is -2.28. The molecule has 1 N–H and O–H groups in total. The number of morpholine rings is 1. The molecule has 0 spiro atoms. The van der Waals surface area contributed by atoms with Gasteiger partial charge in [-0.2, -0.15) is 0 Å². The number of methoxy groups -OCH3 is 1. The number of fused-ring (bicyclic) bond motifs is 1. The average Bonchev–Trinajstić information content (AvgIpc) is 2.78. The van der Waals surface area contributed by atoms with E-state index in [-0.39, 0.29) is 22.9 Å². The highest BCUT2D eigenvalue weighted by Gasteiger charge is 2.37. The summed E-state index contributed by atoms with van der Waals surface area (Å²) in [5, 5.41) is 0. The van der Waals surface area contributed by atoms with Crippen LogP contribution in [0.1, 0.15) is 36.0 Å². The first kappa shape index (κ1) is 20.7. The Hall–Kier alpha value is -2.58. The number of amides is 1. The molecule has 0 radical (unpaired) electrons. The zero-order chi connectivity index (χ0) is 21.1. The summed E-state index contributed by atoms with van der Waals surface area (Å²) < 4.78 is 39.2. The van der Waals surface area contributed by atoms with Crippen LogP contribution >= 0.6 is 0 Å². The first-order valence-electron chi connectivity index (χ1n) is 10.2. The van der Waals surface area contributed by atoms with Gasteiger partial charge in [0.2, 0.25) is 0 Å². The fourth-order valence-corrected chi connectivity index (χ4v) is 5.29. The molecular formula is C22H26N2O5S. The number of carbonyl (C=O) groups is 1. The highest BCUT2D eigenvalue weighted by atomic mass is 32.2. The van der Waals surface area contributed by atoms with Crippen molar-refractivity contribution in [3.63, 3.8) is 0 Å². The molecule has 1 saturated carbocycles. The van der Waals surface area contributed by atoms with Crippen molar-refractivity contribution in [3.8, 4) is 5.75 Å². The van der Waals surface area contributed by atoms with Gasteiger partial charge in [0.05, 0.1) is 30.8 Å². The van der Waals surface area contributed by atoms with E-state index in [4.69, 9.17) is 9.47 Å². The largest absolute Gasteiger partial charge is 0.497 e. The molecule has 4 rings (SSSR count). The Labute approximate surface area is 177 Å². The van der Waals surface area contributed by atoms with E-state index >= 15 is 0 Å². The zero-order valence-corrected chi connectivity index (χ0v) is 17.7. The first-order chi connectivity index (χ1) is 14.5. The molecule has 7 nitrogen and oxygen atoms in total. The molecule has 1 saturated heterocycles. The minimum atomic E-state index is -3.83. The van der Waals surface area contributed by atoms with Gasteiger partial charge in [0, 0.05) is 17.8 Å². The Kier molecular flexibility index (Phi) is 5.97. The van der Waals surface area contributed by atoms with Crippen molar-refractivity contribution in [1.29, 1.82) is 0 Å². The molecule has 2 aromatic carbocycles. The molecule has 2 aliphatic rings. The van der Waals surface area contributed by atoms with E-state index in [1.807, 2.05) is 4.90 Å². The summed E-state index contributed by atoms with van der Waals surface area (Å²) in [5.41, 5.74) is 0.796. The van der Waals surface area contributed by atoms with Crippen molar-refractivity contribution in [3.05, 3.63) is 54.1 Å². The van der Waals surface area contributed by atoms with E-state index in [9.17, 15) is 13.2 Å². The van der Waals surface area contributed by atoms with E-state index in [1.54, 1.807) is 43.5 Å². The van der Waals surface area contributed by atoms with Crippen LogP contribution in [0, 0.1) is 0 Å². The van der Waals surface area contributed by atoms with Crippen LogP contribution in [0.25, 0.3) is 0 Å². The van der Waals surface area contributed by atoms with E-state index in [2.05, 4.69) is 4.72 Å². The van der Waals surface area contributed by atoms with Crippen LogP contribution < -0.4 is 9.46 Å². The van der Waals surface area contributed by atoms with E-state index in [1.165, 1.54) is 12.1 Å². The molecule has 1 amide bonds. The third kappa shape index (κ3) is 4.29. The van der Waals surface area contributed by atoms with Gasteiger partial charge in [-0.1, -0.05) is 18.9 Å². The summed E-state index contributed by atoms with van der Waals surface area (Å²) in [4.78, 5) is 15.1. The second-order valence-electron chi connectivity index (χ2n) is 7.62. The summed E-state index contributed by atoms with van der Waals surface area (Å²) >= 11 is 0. The fraction of sp³-hybridized carbons (Fsp3) is 0.409. The number of hydrogen-bond donors (Lipinski definition) is 1. The number of anilines is 1. The SMILES string of the molecule is COc1ccc(NS(=O)(=O)c2cccc(C(=O)N3CCO[C@@H]4CCCC[C@@H]43)c2)cc1. The minimum absolute atomic E-state index is 0.0534. The van der Waals surface area contributed by atoms with Crippen LogP contribution in [0.2, 0.25) is 0 Å². The number of sulfonamides is 1. The molecule has 30 heavy (non-hydrogen) atoms. The van der Waals surface area contributed by atoms with Crippen LogP contribution in [-0.4, -0.2) is 51.6 Å². The zero-order valence-electron chi connectivity index (χ0n) is 16.9. The Balaban J connectivity index is 1.54. The monoisotopic (exact) mass is 430 g/mol. The lowest BCUT2D eigenvalue weighted by Crippen LogP contribution is -2.54.